The third kappa shape index (κ3) is 5.34. The molecule has 1 N–H and O–H groups in total. The summed E-state index contributed by atoms with van der Waals surface area (Å²) < 4.78 is 36.1. The van der Waals surface area contributed by atoms with Crippen molar-refractivity contribution >= 4 is 16.8 Å². The van der Waals surface area contributed by atoms with Crippen LogP contribution in [0, 0.1) is 5.82 Å². The number of phenols is 1. The minimum atomic E-state index is -0.445. The van der Waals surface area contributed by atoms with Crippen LogP contribution in [-0.2, 0) is 0 Å². The third-order valence-corrected chi connectivity index (χ3v) is 7.78. The number of ether oxygens (including phenoxy) is 3. The molecule has 0 radical (unpaired) electrons. The van der Waals surface area contributed by atoms with Crippen LogP contribution in [0.3, 0.4) is 0 Å². The highest BCUT2D eigenvalue weighted by Gasteiger charge is 2.31. The molecular weight excluding hydrogens is 515 g/mol. The first-order valence-corrected chi connectivity index (χ1v) is 13.6. The van der Waals surface area contributed by atoms with E-state index >= 15 is 0 Å². The van der Waals surface area contributed by atoms with Gasteiger partial charge in [0.25, 0.3) is 0 Å². The van der Waals surface area contributed by atoms with Crippen LogP contribution in [0.4, 0.5) is 4.39 Å². The highest BCUT2D eigenvalue weighted by atomic mass is 19.1. The fourth-order valence-corrected chi connectivity index (χ4v) is 5.64. The lowest BCUT2D eigenvalue weighted by Crippen LogP contribution is -2.34. The van der Waals surface area contributed by atoms with Crippen molar-refractivity contribution in [1.82, 2.24) is 10.1 Å². The fraction of sp³-hybridized carbons (Fsp3) is 0.355. The first-order valence-electron chi connectivity index (χ1n) is 13.6. The molecule has 0 saturated carbocycles. The first kappa shape index (κ1) is 26.1. The van der Waals surface area contributed by atoms with Crippen molar-refractivity contribution in [1.29, 1.82) is 0 Å². The van der Waals surface area contributed by atoms with E-state index < -0.39 is 6.10 Å². The summed E-state index contributed by atoms with van der Waals surface area (Å²) in [5, 5.41) is 15.7. The Morgan fingerprint density at radius 1 is 1.07 bits per heavy atom. The number of hydrogen-bond donors (Lipinski definition) is 1. The van der Waals surface area contributed by atoms with Crippen LogP contribution in [0.1, 0.15) is 59.3 Å². The normalized spacial score (nSPS) is 17.9. The summed E-state index contributed by atoms with van der Waals surface area (Å²) in [5.74, 6) is 1.20. The summed E-state index contributed by atoms with van der Waals surface area (Å²) in [6, 6.07) is 15.2. The molecular formula is C31H31FN2O6. The maximum Gasteiger partial charge on any atom is 0.174 e. The molecule has 1 fully saturated rings. The van der Waals surface area contributed by atoms with E-state index in [0.29, 0.717) is 29.6 Å². The number of fused-ring (bicyclic) bond motifs is 2. The summed E-state index contributed by atoms with van der Waals surface area (Å²) in [6.07, 6.45) is 2.43. The zero-order chi connectivity index (χ0) is 27.6. The van der Waals surface area contributed by atoms with Gasteiger partial charge in [-0.1, -0.05) is 17.3 Å². The lowest BCUT2D eigenvalue weighted by molar-refractivity contribution is 0.0844. The number of aromatic hydroxyl groups is 1. The van der Waals surface area contributed by atoms with E-state index in [2.05, 4.69) is 10.1 Å². The van der Waals surface area contributed by atoms with Crippen LogP contribution in [0.2, 0.25) is 0 Å². The second kappa shape index (κ2) is 11.2. The van der Waals surface area contributed by atoms with Crippen molar-refractivity contribution in [3.05, 3.63) is 77.2 Å². The van der Waals surface area contributed by atoms with E-state index in [0.717, 1.165) is 61.3 Å². The van der Waals surface area contributed by atoms with Gasteiger partial charge in [0.15, 0.2) is 11.4 Å². The number of hydrogen-bond acceptors (Lipinski definition) is 8. The second-order valence-corrected chi connectivity index (χ2v) is 10.3. The zero-order valence-electron chi connectivity index (χ0n) is 22.3. The monoisotopic (exact) mass is 546 g/mol. The Balaban J connectivity index is 1.01. The Labute approximate surface area is 231 Å². The van der Waals surface area contributed by atoms with Crippen molar-refractivity contribution < 1.29 is 33.0 Å². The summed E-state index contributed by atoms with van der Waals surface area (Å²) in [6.45, 7) is 3.21. The minimum absolute atomic E-state index is 0.129. The molecule has 3 heterocycles. The number of halogens is 1. The summed E-state index contributed by atoms with van der Waals surface area (Å²) >= 11 is 0. The molecule has 9 heteroatoms. The van der Waals surface area contributed by atoms with Gasteiger partial charge in [0.1, 0.15) is 40.5 Å². The Bertz CT molecular complexity index is 1510. The lowest BCUT2D eigenvalue weighted by atomic mass is 9.91. The number of carbonyl (C=O) groups is 1. The molecule has 6 rings (SSSR count). The molecule has 40 heavy (non-hydrogen) atoms. The molecule has 0 bridgehead atoms. The molecule has 2 aliphatic heterocycles. The SMILES string of the molecule is COc1ccc([C@@H]2CC(=O)c3c(O)cc(OCCCN4CCC(c5noc6cc(F)ccc56)CC4)cc3O2)cc1. The summed E-state index contributed by atoms with van der Waals surface area (Å²) in [5.41, 5.74) is 2.47. The molecule has 1 atom stereocenters. The minimum Gasteiger partial charge on any atom is -0.507 e. The average Bonchev–Trinajstić information content (AvgIpc) is 3.38. The Kier molecular flexibility index (Phi) is 7.30. The molecule has 3 aromatic carbocycles. The van der Waals surface area contributed by atoms with Gasteiger partial charge in [-0.05, 0) is 62.2 Å². The molecule has 2 aliphatic rings. The molecule has 1 aromatic heterocycles. The van der Waals surface area contributed by atoms with Gasteiger partial charge < -0.3 is 28.7 Å². The van der Waals surface area contributed by atoms with Gasteiger partial charge >= 0.3 is 0 Å². The van der Waals surface area contributed by atoms with Gasteiger partial charge in [0.2, 0.25) is 0 Å². The number of likely N-dealkylation sites (tertiary alicyclic amines) is 1. The Morgan fingerprint density at radius 2 is 1.88 bits per heavy atom. The fourth-order valence-electron chi connectivity index (χ4n) is 5.64. The van der Waals surface area contributed by atoms with E-state index in [1.54, 1.807) is 19.2 Å². The Hall–Kier alpha value is -4.11. The second-order valence-electron chi connectivity index (χ2n) is 10.3. The molecule has 4 aromatic rings. The molecule has 208 valence electrons. The van der Waals surface area contributed by atoms with Crippen LogP contribution in [0.5, 0.6) is 23.0 Å². The smallest absolute Gasteiger partial charge is 0.174 e. The Morgan fingerprint density at radius 3 is 2.65 bits per heavy atom. The summed E-state index contributed by atoms with van der Waals surface area (Å²) in [7, 11) is 1.60. The third-order valence-electron chi connectivity index (χ3n) is 7.78. The number of ketones is 1. The standard InChI is InChI=1S/C31H31FN2O6/c1-37-22-6-3-19(4-7-22)27-18-26(36)30-25(35)16-23(17-29(30)39-27)38-14-2-11-34-12-9-20(10-13-34)31-24-8-5-21(32)15-28(24)40-33-31/h3-8,15-17,20,27,35H,2,9-14,18H2,1H3/t27-/m0/s1. The quantitative estimate of drug-likeness (QED) is 0.268. The molecule has 0 aliphatic carbocycles. The number of methoxy groups -OCH3 is 1. The highest BCUT2D eigenvalue weighted by molar-refractivity contribution is 6.02. The van der Waals surface area contributed by atoms with Crippen molar-refractivity contribution in [2.45, 2.75) is 37.7 Å². The molecule has 0 amide bonds. The number of piperidine rings is 1. The van der Waals surface area contributed by atoms with Gasteiger partial charge in [-0.2, -0.15) is 0 Å². The van der Waals surface area contributed by atoms with Gasteiger partial charge in [0, 0.05) is 36.0 Å². The number of aromatic nitrogens is 1. The number of nitrogens with zero attached hydrogens (tertiary/aromatic N) is 2. The van der Waals surface area contributed by atoms with Gasteiger partial charge in [-0.3, -0.25) is 4.79 Å². The van der Waals surface area contributed by atoms with Crippen molar-refractivity contribution in [2.75, 3.05) is 33.4 Å². The number of rotatable bonds is 8. The maximum absolute atomic E-state index is 13.5. The summed E-state index contributed by atoms with van der Waals surface area (Å²) in [4.78, 5) is 15.2. The average molecular weight is 547 g/mol. The molecule has 1 saturated heterocycles. The zero-order valence-corrected chi connectivity index (χ0v) is 22.3. The topological polar surface area (TPSA) is 94.3 Å². The lowest BCUT2D eigenvalue weighted by Gasteiger charge is -2.31. The molecule has 0 unspecified atom stereocenters. The van der Waals surface area contributed by atoms with Crippen LogP contribution in [-0.4, -0.2) is 54.3 Å². The number of phenolic OH excluding ortho intramolecular Hbond substituents is 1. The number of Topliss-reactive ketones (excluding diaryl/α,β-unsaturated/α-hetero) is 1. The predicted molar refractivity (Wildman–Crippen MR) is 146 cm³/mol. The number of benzene rings is 3. The van der Waals surface area contributed by atoms with Crippen LogP contribution in [0.25, 0.3) is 11.0 Å². The van der Waals surface area contributed by atoms with Crippen LogP contribution >= 0.6 is 0 Å². The number of carbonyl (C=O) groups excluding carboxylic acids is 1. The van der Waals surface area contributed by atoms with Gasteiger partial charge in [-0.15, -0.1) is 0 Å². The van der Waals surface area contributed by atoms with Crippen LogP contribution in [0.15, 0.2) is 59.1 Å². The van der Waals surface area contributed by atoms with E-state index in [-0.39, 0.29) is 29.3 Å². The van der Waals surface area contributed by atoms with E-state index in [4.69, 9.17) is 18.7 Å². The van der Waals surface area contributed by atoms with Crippen molar-refractivity contribution in [2.24, 2.45) is 0 Å². The molecule has 8 nitrogen and oxygen atoms in total. The van der Waals surface area contributed by atoms with Gasteiger partial charge in [-0.25, -0.2) is 4.39 Å². The largest absolute Gasteiger partial charge is 0.507 e. The molecule has 0 spiro atoms. The van der Waals surface area contributed by atoms with Crippen molar-refractivity contribution in [3.63, 3.8) is 0 Å². The first-order chi connectivity index (χ1) is 19.5. The van der Waals surface area contributed by atoms with E-state index in [9.17, 15) is 14.3 Å². The van der Waals surface area contributed by atoms with Crippen LogP contribution < -0.4 is 14.2 Å². The van der Waals surface area contributed by atoms with Crippen molar-refractivity contribution in [3.8, 4) is 23.0 Å². The highest BCUT2D eigenvalue weighted by Crippen LogP contribution is 2.42. The van der Waals surface area contributed by atoms with E-state index in [1.807, 2.05) is 24.3 Å². The predicted octanol–water partition coefficient (Wildman–Crippen LogP) is 6.04. The maximum atomic E-state index is 13.5. The van der Waals surface area contributed by atoms with Gasteiger partial charge in [0.05, 0.1) is 25.8 Å². The van der Waals surface area contributed by atoms with E-state index in [1.165, 1.54) is 18.2 Å².